The standard InChI is InChI=1S/C9H9F3N2O/c10-9(11,12)7-4-6(2-1-3-15)5-14-8(7)13/h1-2,4-5,15H,3H2,(H2,13,14). The highest BCUT2D eigenvalue weighted by atomic mass is 19.4. The number of hydrogen-bond acceptors (Lipinski definition) is 3. The zero-order valence-corrected chi connectivity index (χ0v) is 7.62. The van der Waals surface area contributed by atoms with Crippen molar-refractivity contribution in [2.45, 2.75) is 6.18 Å². The molecule has 0 saturated heterocycles. The van der Waals surface area contributed by atoms with Crippen LogP contribution in [0.5, 0.6) is 0 Å². The second-order valence-electron chi connectivity index (χ2n) is 2.78. The van der Waals surface area contributed by atoms with Crippen LogP contribution in [0.3, 0.4) is 0 Å². The minimum absolute atomic E-state index is 0.241. The van der Waals surface area contributed by atoms with Gasteiger partial charge in [0.25, 0.3) is 0 Å². The van der Waals surface area contributed by atoms with Crippen molar-refractivity contribution in [1.82, 2.24) is 4.98 Å². The molecule has 0 unspecified atom stereocenters. The quantitative estimate of drug-likeness (QED) is 0.794. The van der Waals surface area contributed by atoms with Crippen molar-refractivity contribution in [3.63, 3.8) is 0 Å². The predicted molar refractivity (Wildman–Crippen MR) is 49.8 cm³/mol. The maximum atomic E-state index is 12.4. The van der Waals surface area contributed by atoms with E-state index in [9.17, 15) is 13.2 Å². The fraction of sp³-hybridized carbons (Fsp3) is 0.222. The Labute approximate surface area is 84.1 Å². The highest BCUT2D eigenvalue weighted by Gasteiger charge is 2.33. The number of nitrogens with zero attached hydrogens (tertiary/aromatic N) is 1. The molecule has 1 aromatic heterocycles. The van der Waals surface area contributed by atoms with Crippen molar-refractivity contribution in [3.8, 4) is 0 Å². The van der Waals surface area contributed by atoms with E-state index in [0.717, 1.165) is 6.07 Å². The number of anilines is 1. The molecule has 82 valence electrons. The Bertz CT molecular complexity index is 374. The lowest BCUT2D eigenvalue weighted by molar-refractivity contribution is -0.137. The number of pyridine rings is 1. The molecule has 1 aromatic rings. The van der Waals surface area contributed by atoms with Gasteiger partial charge >= 0.3 is 6.18 Å². The van der Waals surface area contributed by atoms with E-state index in [2.05, 4.69) is 4.98 Å². The van der Waals surface area contributed by atoms with Crippen molar-refractivity contribution < 1.29 is 18.3 Å². The van der Waals surface area contributed by atoms with E-state index in [1.54, 1.807) is 0 Å². The van der Waals surface area contributed by atoms with E-state index >= 15 is 0 Å². The third-order valence-electron chi connectivity index (χ3n) is 1.66. The summed E-state index contributed by atoms with van der Waals surface area (Å²) in [6, 6.07) is 0.883. The molecule has 15 heavy (non-hydrogen) atoms. The third kappa shape index (κ3) is 2.95. The molecule has 0 radical (unpaired) electrons. The summed E-state index contributed by atoms with van der Waals surface area (Å²) in [5.74, 6) is -0.552. The summed E-state index contributed by atoms with van der Waals surface area (Å²) in [4.78, 5) is 3.42. The Morgan fingerprint density at radius 3 is 2.67 bits per heavy atom. The molecule has 0 bridgehead atoms. The SMILES string of the molecule is Nc1ncc(C=CCO)cc1C(F)(F)F. The van der Waals surface area contributed by atoms with Gasteiger partial charge in [-0.15, -0.1) is 0 Å². The fourth-order valence-electron chi connectivity index (χ4n) is 0.998. The van der Waals surface area contributed by atoms with Crippen LogP contribution in [0.25, 0.3) is 6.08 Å². The molecule has 0 fully saturated rings. The van der Waals surface area contributed by atoms with Crippen LogP contribution >= 0.6 is 0 Å². The molecule has 3 nitrogen and oxygen atoms in total. The normalized spacial score (nSPS) is 12.3. The van der Waals surface area contributed by atoms with Gasteiger partial charge in [0.1, 0.15) is 5.82 Å². The third-order valence-corrected chi connectivity index (χ3v) is 1.66. The molecular weight excluding hydrogens is 209 g/mol. The first-order chi connectivity index (χ1) is 6.95. The molecule has 0 aromatic carbocycles. The van der Waals surface area contributed by atoms with E-state index in [1.807, 2.05) is 0 Å². The van der Waals surface area contributed by atoms with Gasteiger partial charge < -0.3 is 10.8 Å². The summed E-state index contributed by atoms with van der Waals surface area (Å²) in [6.45, 7) is -0.244. The first-order valence-corrected chi connectivity index (χ1v) is 4.05. The molecule has 0 saturated carbocycles. The van der Waals surface area contributed by atoms with Crippen LogP contribution in [0.15, 0.2) is 18.3 Å². The van der Waals surface area contributed by atoms with Crippen molar-refractivity contribution in [2.75, 3.05) is 12.3 Å². The maximum absolute atomic E-state index is 12.4. The summed E-state index contributed by atoms with van der Waals surface area (Å²) in [5, 5.41) is 8.46. The topological polar surface area (TPSA) is 59.1 Å². The predicted octanol–water partition coefficient (Wildman–Crippen LogP) is 1.69. The number of nitrogens with two attached hydrogens (primary N) is 1. The molecule has 1 rings (SSSR count). The molecule has 0 aliphatic heterocycles. The zero-order valence-electron chi connectivity index (χ0n) is 7.62. The minimum atomic E-state index is -4.51. The average Bonchev–Trinajstić information content (AvgIpc) is 2.15. The summed E-state index contributed by atoms with van der Waals surface area (Å²) < 4.78 is 37.1. The van der Waals surface area contributed by atoms with Crippen LogP contribution in [0.1, 0.15) is 11.1 Å². The Kier molecular flexibility index (Phi) is 3.31. The number of hydrogen-bond donors (Lipinski definition) is 2. The number of halogens is 3. The van der Waals surface area contributed by atoms with Gasteiger partial charge in [0, 0.05) is 6.20 Å². The van der Waals surface area contributed by atoms with Crippen LogP contribution in [0, 0.1) is 0 Å². The lowest BCUT2D eigenvalue weighted by atomic mass is 10.1. The molecule has 0 aliphatic rings. The van der Waals surface area contributed by atoms with Crippen LogP contribution in [-0.4, -0.2) is 16.7 Å². The van der Waals surface area contributed by atoms with Gasteiger partial charge in [-0.1, -0.05) is 12.2 Å². The summed E-state index contributed by atoms with van der Waals surface area (Å²) >= 11 is 0. The Morgan fingerprint density at radius 2 is 2.13 bits per heavy atom. The van der Waals surface area contributed by atoms with Crippen molar-refractivity contribution >= 4 is 11.9 Å². The van der Waals surface area contributed by atoms with Gasteiger partial charge in [0.15, 0.2) is 0 Å². The lowest BCUT2D eigenvalue weighted by Crippen LogP contribution is -2.10. The number of rotatable bonds is 2. The molecule has 0 amide bonds. The van der Waals surface area contributed by atoms with E-state index in [1.165, 1.54) is 18.3 Å². The van der Waals surface area contributed by atoms with E-state index < -0.39 is 17.6 Å². The van der Waals surface area contributed by atoms with Gasteiger partial charge in [-0.25, -0.2) is 4.98 Å². The van der Waals surface area contributed by atoms with Crippen molar-refractivity contribution in [1.29, 1.82) is 0 Å². The maximum Gasteiger partial charge on any atom is 0.419 e. The van der Waals surface area contributed by atoms with Crippen LogP contribution in [0.2, 0.25) is 0 Å². The number of aliphatic hydroxyl groups is 1. The lowest BCUT2D eigenvalue weighted by Gasteiger charge is -2.09. The fourth-order valence-corrected chi connectivity index (χ4v) is 0.998. The molecule has 0 aliphatic carbocycles. The van der Waals surface area contributed by atoms with Gasteiger partial charge in [0.2, 0.25) is 0 Å². The van der Waals surface area contributed by atoms with Crippen LogP contribution in [0.4, 0.5) is 19.0 Å². The molecule has 0 atom stereocenters. The van der Waals surface area contributed by atoms with Gasteiger partial charge in [-0.05, 0) is 11.6 Å². The van der Waals surface area contributed by atoms with Crippen LogP contribution in [-0.2, 0) is 6.18 Å². The second kappa shape index (κ2) is 4.31. The highest BCUT2D eigenvalue weighted by molar-refractivity contribution is 5.54. The minimum Gasteiger partial charge on any atom is -0.392 e. The Morgan fingerprint density at radius 1 is 1.47 bits per heavy atom. The number of aliphatic hydroxyl groups excluding tert-OH is 1. The summed E-state index contributed by atoms with van der Waals surface area (Å²) in [5.41, 5.74) is 4.37. The molecule has 0 spiro atoms. The van der Waals surface area contributed by atoms with E-state index in [4.69, 9.17) is 10.8 Å². The van der Waals surface area contributed by atoms with Crippen molar-refractivity contribution in [2.24, 2.45) is 0 Å². The van der Waals surface area contributed by atoms with E-state index in [0.29, 0.717) is 0 Å². The summed E-state index contributed by atoms with van der Waals surface area (Å²) in [7, 11) is 0. The summed E-state index contributed by atoms with van der Waals surface area (Å²) in [6.07, 6.45) is -0.661. The average molecular weight is 218 g/mol. The van der Waals surface area contributed by atoms with Gasteiger partial charge in [-0.3, -0.25) is 0 Å². The largest absolute Gasteiger partial charge is 0.419 e. The van der Waals surface area contributed by atoms with Gasteiger partial charge in [0.05, 0.1) is 12.2 Å². The molecular formula is C9H9F3N2O. The first kappa shape index (κ1) is 11.5. The highest BCUT2D eigenvalue weighted by Crippen LogP contribution is 2.32. The number of aromatic nitrogens is 1. The number of nitrogen functional groups attached to an aromatic ring is 1. The first-order valence-electron chi connectivity index (χ1n) is 4.05. The molecule has 1 heterocycles. The van der Waals surface area contributed by atoms with Gasteiger partial charge in [-0.2, -0.15) is 13.2 Å². The smallest absolute Gasteiger partial charge is 0.392 e. The second-order valence-corrected chi connectivity index (χ2v) is 2.78. The van der Waals surface area contributed by atoms with Crippen LogP contribution < -0.4 is 5.73 Å². The monoisotopic (exact) mass is 218 g/mol. The van der Waals surface area contributed by atoms with Crippen molar-refractivity contribution in [3.05, 3.63) is 29.5 Å². The molecule has 3 N–H and O–H groups in total. The Hall–Kier alpha value is -1.56. The number of alkyl halides is 3. The molecule has 6 heteroatoms. The Balaban J connectivity index is 3.11. The van der Waals surface area contributed by atoms with E-state index in [-0.39, 0.29) is 12.2 Å². The zero-order chi connectivity index (χ0) is 11.5.